The number of hydrogen-bond acceptors (Lipinski definition) is 2. The molecule has 2 aromatic rings. The van der Waals surface area contributed by atoms with Gasteiger partial charge in [0.25, 0.3) is 0 Å². The van der Waals surface area contributed by atoms with Gasteiger partial charge in [-0.1, -0.05) is 18.2 Å². The Labute approximate surface area is 158 Å². The van der Waals surface area contributed by atoms with E-state index in [9.17, 15) is 21.6 Å². The van der Waals surface area contributed by atoms with E-state index in [4.69, 9.17) is 0 Å². The fourth-order valence-electron chi connectivity index (χ4n) is 3.17. The summed E-state index contributed by atoms with van der Waals surface area (Å²) in [6, 6.07) is 4.93. The molecular weight excluding hydrogens is 375 g/mol. The Bertz CT molecular complexity index is 935. The molecule has 0 bridgehead atoms. The zero-order valence-electron chi connectivity index (χ0n) is 16.1. The second-order valence-corrected chi connectivity index (χ2v) is 8.50. The summed E-state index contributed by atoms with van der Waals surface area (Å²) in [6.07, 6.45) is -4.24. The molecule has 148 valence electrons. The number of benzene rings is 2. The fraction of sp³-hybridized carbons (Fsp3) is 0.400. The summed E-state index contributed by atoms with van der Waals surface area (Å²) >= 11 is 0. The lowest BCUT2D eigenvalue weighted by Gasteiger charge is -2.19. The van der Waals surface area contributed by atoms with Crippen molar-refractivity contribution in [3.63, 3.8) is 0 Å². The van der Waals surface area contributed by atoms with Crippen LogP contribution in [0.1, 0.15) is 38.9 Å². The average molecular weight is 399 g/mol. The molecule has 0 atom stereocenters. The normalized spacial score (nSPS) is 12.4. The Morgan fingerprint density at radius 1 is 0.889 bits per heavy atom. The molecule has 0 heterocycles. The van der Waals surface area contributed by atoms with E-state index in [-0.39, 0.29) is 17.9 Å². The second kappa shape index (κ2) is 7.64. The molecule has 1 N–H and O–H groups in total. The van der Waals surface area contributed by atoms with Crippen molar-refractivity contribution in [1.82, 2.24) is 4.72 Å². The largest absolute Gasteiger partial charge is 0.416 e. The summed E-state index contributed by atoms with van der Waals surface area (Å²) < 4.78 is 66.5. The predicted octanol–water partition coefficient (Wildman–Crippen LogP) is 4.77. The van der Waals surface area contributed by atoms with Crippen molar-refractivity contribution in [2.24, 2.45) is 0 Å². The van der Waals surface area contributed by atoms with Crippen LogP contribution in [0.15, 0.2) is 29.2 Å². The van der Waals surface area contributed by atoms with Crippen molar-refractivity contribution in [2.45, 2.75) is 52.1 Å². The van der Waals surface area contributed by atoms with E-state index < -0.39 is 21.8 Å². The summed E-state index contributed by atoms with van der Waals surface area (Å²) in [5.41, 5.74) is 4.00. The Kier molecular flexibility index (Phi) is 6.06. The van der Waals surface area contributed by atoms with Crippen molar-refractivity contribution in [2.75, 3.05) is 6.54 Å². The van der Waals surface area contributed by atoms with Gasteiger partial charge in [-0.3, -0.25) is 0 Å². The molecular formula is C20H24F3NO2S. The maximum Gasteiger partial charge on any atom is 0.416 e. The molecule has 0 saturated carbocycles. The number of halogens is 3. The molecule has 0 amide bonds. The zero-order valence-corrected chi connectivity index (χ0v) is 16.9. The molecule has 0 unspecified atom stereocenters. The van der Waals surface area contributed by atoms with Crippen LogP contribution >= 0.6 is 0 Å². The summed E-state index contributed by atoms with van der Waals surface area (Å²) in [5.74, 6) is 0. The third-order valence-electron chi connectivity index (χ3n) is 5.16. The van der Waals surface area contributed by atoms with E-state index >= 15 is 0 Å². The molecule has 0 radical (unpaired) electrons. The fourth-order valence-corrected chi connectivity index (χ4v) is 4.80. The van der Waals surface area contributed by atoms with Gasteiger partial charge in [0, 0.05) is 6.54 Å². The first-order valence-corrected chi connectivity index (χ1v) is 10.1. The van der Waals surface area contributed by atoms with Gasteiger partial charge < -0.3 is 0 Å². The highest BCUT2D eigenvalue weighted by molar-refractivity contribution is 7.89. The lowest BCUT2D eigenvalue weighted by molar-refractivity contribution is -0.137. The lowest BCUT2D eigenvalue weighted by atomic mass is 9.95. The molecule has 0 fully saturated rings. The van der Waals surface area contributed by atoms with Crippen molar-refractivity contribution >= 4 is 10.0 Å². The Hall–Kier alpha value is -1.86. The third-order valence-corrected chi connectivity index (χ3v) is 6.89. The molecule has 0 spiro atoms. The van der Waals surface area contributed by atoms with Crippen LogP contribution in [0.3, 0.4) is 0 Å². The first-order chi connectivity index (χ1) is 12.4. The molecule has 2 rings (SSSR count). The molecule has 0 aliphatic carbocycles. The van der Waals surface area contributed by atoms with Gasteiger partial charge in [0.1, 0.15) is 0 Å². The van der Waals surface area contributed by atoms with E-state index in [1.165, 1.54) is 6.07 Å². The molecule has 0 aliphatic rings. The van der Waals surface area contributed by atoms with Gasteiger partial charge in [0.05, 0.1) is 10.5 Å². The topological polar surface area (TPSA) is 46.2 Å². The van der Waals surface area contributed by atoms with Gasteiger partial charge in [-0.15, -0.1) is 0 Å². The molecule has 7 heteroatoms. The lowest BCUT2D eigenvalue weighted by Crippen LogP contribution is -2.28. The van der Waals surface area contributed by atoms with Crippen LogP contribution in [-0.2, 0) is 22.6 Å². The molecule has 0 aromatic heterocycles. The number of nitrogens with one attached hydrogen (secondary N) is 1. The third kappa shape index (κ3) is 4.52. The summed E-state index contributed by atoms with van der Waals surface area (Å²) in [4.78, 5) is 0.257. The number of hydrogen-bond donors (Lipinski definition) is 1. The van der Waals surface area contributed by atoms with Crippen LogP contribution in [0.4, 0.5) is 13.2 Å². The van der Waals surface area contributed by atoms with Crippen LogP contribution in [0.5, 0.6) is 0 Å². The predicted molar refractivity (Wildman–Crippen MR) is 100 cm³/mol. The summed E-state index contributed by atoms with van der Waals surface area (Å²) in [5, 5.41) is 0. The summed E-state index contributed by atoms with van der Waals surface area (Å²) in [7, 11) is -3.76. The number of rotatable bonds is 5. The Morgan fingerprint density at radius 3 is 1.93 bits per heavy atom. The second-order valence-electron chi connectivity index (χ2n) is 6.80. The van der Waals surface area contributed by atoms with E-state index in [1.54, 1.807) is 19.9 Å². The van der Waals surface area contributed by atoms with Gasteiger partial charge in [-0.25, -0.2) is 13.1 Å². The Balaban J connectivity index is 2.22. The maximum absolute atomic E-state index is 12.8. The minimum Gasteiger partial charge on any atom is -0.211 e. The standard InChI is InChI=1S/C20H24F3NO2S/c1-12-13(2)15(4)19(16(5)14(12)3)27(25,26)24-10-9-17-7-6-8-18(11-17)20(21,22)23/h6-8,11,24H,9-10H2,1-5H3. The molecule has 2 aromatic carbocycles. The van der Waals surface area contributed by atoms with Crippen molar-refractivity contribution in [3.05, 3.63) is 63.2 Å². The van der Waals surface area contributed by atoms with Crippen molar-refractivity contribution in [3.8, 4) is 0 Å². The van der Waals surface area contributed by atoms with E-state index in [2.05, 4.69) is 4.72 Å². The highest BCUT2D eigenvalue weighted by atomic mass is 32.2. The minimum absolute atomic E-state index is 0.0223. The molecule has 3 nitrogen and oxygen atoms in total. The van der Waals surface area contributed by atoms with Crippen LogP contribution in [-0.4, -0.2) is 15.0 Å². The van der Waals surface area contributed by atoms with E-state index in [0.717, 1.165) is 28.8 Å². The summed E-state index contributed by atoms with van der Waals surface area (Å²) in [6.45, 7) is 9.31. The smallest absolute Gasteiger partial charge is 0.211 e. The van der Waals surface area contributed by atoms with Gasteiger partial charge in [-0.05, 0) is 80.5 Å². The van der Waals surface area contributed by atoms with Crippen LogP contribution in [0.2, 0.25) is 0 Å². The Morgan fingerprint density at radius 2 is 1.41 bits per heavy atom. The first kappa shape index (κ1) is 21.4. The van der Waals surface area contributed by atoms with Gasteiger partial charge in [0.2, 0.25) is 10.0 Å². The highest BCUT2D eigenvalue weighted by Crippen LogP contribution is 2.30. The van der Waals surface area contributed by atoms with Gasteiger partial charge >= 0.3 is 6.18 Å². The van der Waals surface area contributed by atoms with Crippen molar-refractivity contribution < 1.29 is 21.6 Å². The van der Waals surface area contributed by atoms with Crippen LogP contribution in [0, 0.1) is 34.6 Å². The maximum atomic E-state index is 12.8. The van der Waals surface area contributed by atoms with Crippen LogP contribution < -0.4 is 4.72 Å². The quantitative estimate of drug-likeness (QED) is 0.787. The monoisotopic (exact) mass is 399 g/mol. The van der Waals surface area contributed by atoms with Gasteiger partial charge in [0.15, 0.2) is 0 Å². The van der Waals surface area contributed by atoms with Gasteiger partial charge in [-0.2, -0.15) is 13.2 Å². The first-order valence-electron chi connectivity index (χ1n) is 8.59. The van der Waals surface area contributed by atoms with Crippen molar-refractivity contribution in [1.29, 1.82) is 0 Å². The average Bonchev–Trinajstić information content (AvgIpc) is 2.57. The van der Waals surface area contributed by atoms with E-state index in [1.807, 2.05) is 20.8 Å². The highest BCUT2D eigenvalue weighted by Gasteiger charge is 2.30. The number of sulfonamides is 1. The number of alkyl halides is 3. The van der Waals surface area contributed by atoms with Crippen LogP contribution in [0.25, 0.3) is 0 Å². The molecule has 0 saturated heterocycles. The minimum atomic E-state index is -4.42. The molecule has 27 heavy (non-hydrogen) atoms. The molecule has 0 aliphatic heterocycles. The zero-order chi connectivity index (χ0) is 20.6. The van der Waals surface area contributed by atoms with E-state index in [0.29, 0.717) is 16.7 Å². The SMILES string of the molecule is Cc1c(C)c(C)c(S(=O)(=O)NCCc2cccc(C(F)(F)F)c2)c(C)c1C.